The fourth-order valence-corrected chi connectivity index (χ4v) is 3.92. The van der Waals surface area contributed by atoms with Gasteiger partial charge in [0.15, 0.2) is 0 Å². The standard InChI is InChI=1S/C15H21N3O2S/c1-8-12(14(21)18-15(20)16-8)13(19)17-11-7-10(11)9-5-3-2-4-6-9/h9-11H,2-7H2,1H3,(H,17,19)(H2,16,18,20,21)/t10-,11+/m0/s1. The third-order valence-corrected chi connectivity index (χ3v) is 5.08. The Hall–Kier alpha value is -1.43. The lowest BCUT2D eigenvalue weighted by molar-refractivity contribution is 0.0944. The molecule has 2 aliphatic rings. The molecule has 0 aromatic carbocycles. The molecule has 2 atom stereocenters. The number of aromatic amines is 2. The molecule has 114 valence electrons. The van der Waals surface area contributed by atoms with Gasteiger partial charge < -0.3 is 10.3 Å². The number of H-pyrrole nitrogens is 2. The number of nitrogens with one attached hydrogen (secondary N) is 3. The van der Waals surface area contributed by atoms with Gasteiger partial charge in [0.2, 0.25) is 0 Å². The van der Waals surface area contributed by atoms with Gasteiger partial charge in [-0.25, -0.2) is 4.79 Å². The molecule has 1 aromatic heterocycles. The van der Waals surface area contributed by atoms with Gasteiger partial charge in [-0.15, -0.1) is 0 Å². The highest BCUT2D eigenvalue weighted by Crippen LogP contribution is 2.44. The Morgan fingerprint density at radius 3 is 2.62 bits per heavy atom. The maximum absolute atomic E-state index is 12.4. The molecule has 3 rings (SSSR count). The average molecular weight is 307 g/mol. The van der Waals surface area contributed by atoms with Crippen LogP contribution in [0.2, 0.25) is 0 Å². The summed E-state index contributed by atoms with van der Waals surface area (Å²) in [5.74, 6) is 1.23. The highest BCUT2D eigenvalue weighted by atomic mass is 32.1. The van der Waals surface area contributed by atoms with E-state index in [2.05, 4.69) is 15.3 Å². The maximum atomic E-state index is 12.4. The largest absolute Gasteiger partial charge is 0.349 e. The molecule has 1 aromatic rings. The van der Waals surface area contributed by atoms with E-state index in [0.717, 1.165) is 12.3 Å². The van der Waals surface area contributed by atoms with Crippen molar-refractivity contribution in [3.05, 3.63) is 26.4 Å². The molecule has 1 heterocycles. The second-order valence-corrected chi connectivity index (χ2v) is 6.69. The summed E-state index contributed by atoms with van der Waals surface area (Å²) in [5, 5.41) is 3.07. The van der Waals surface area contributed by atoms with Crippen molar-refractivity contribution in [2.75, 3.05) is 0 Å². The van der Waals surface area contributed by atoms with Crippen LogP contribution in [-0.4, -0.2) is 21.9 Å². The minimum Gasteiger partial charge on any atom is -0.349 e. The van der Waals surface area contributed by atoms with Crippen LogP contribution in [0.25, 0.3) is 0 Å². The Balaban J connectivity index is 1.66. The van der Waals surface area contributed by atoms with E-state index in [0.29, 0.717) is 17.2 Å². The van der Waals surface area contributed by atoms with Crippen LogP contribution in [0.4, 0.5) is 0 Å². The van der Waals surface area contributed by atoms with Gasteiger partial charge in [0.25, 0.3) is 5.91 Å². The molecule has 0 unspecified atom stereocenters. The van der Waals surface area contributed by atoms with Crippen LogP contribution in [-0.2, 0) is 0 Å². The van der Waals surface area contributed by atoms with Crippen molar-refractivity contribution in [2.45, 2.75) is 51.5 Å². The summed E-state index contributed by atoms with van der Waals surface area (Å²) >= 11 is 5.09. The fraction of sp³-hybridized carbons (Fsp3) is 0.667. The zero-order valence-corrected chi connectivity index (χ0v) is 13.0. The summed E-state index contributed by atoms with van der Waals surface area (Å²) in [4.78, 5) is 28.7. The van der Waals surface area contributed by atoms with Crippen molar-refractivity contribution < 1.29 is 4.79 Å². The Kier molecular flexibility index (Phi) is 3.97. The molecule has 2 saturated carbocycles. The average Bonchev–Trinajstić information content (AvgIpc) is 3.17. The van der Waals surface area contributed by atoms with Crippen molar-refractivity contribution in [1.82, 2.24) is 15.3 Å². The number of rotatable bonds is 3. The van der Waals surface area contributed by atoms with E-state index >= 15 is 0 Å². The molecule has 0 saturated heterocycles. The first-order valence-electron chi connectivity index (χ1n) is 7.70. The molecule has 3 N–H and O–H groups in total. The SMILES string of the molecule is Cc1[nH]c(=O)[nH]c(=S)c1C(=O)N[C@@H]1C[C@H]1C1CCCCC1. The molecule has 0 spiro atoms. The van der Waals surface area contributed by atoms with E-state index in [-0.39, 0.29) is 22.3 Å². The first kappa shape index (κ1) is 14.5. The number of carbonyl (C=O) groups excluding carboxylic acids is 1. The van der Waals surface area contributed by atoms with Crippen LogP contribution >= 0.6 is 12.2 Å². The maximum Gasteiger partial charge on any atom is 0.324 e. The predicted molar refractivity (Wildman–Crippen MR) is 82.9 cm³/mol. The summed E-state index contributed by atoms with van der Waals surface area (Å²) in [7, 11) is 0. The van der Waals surface area contributed by atoms with Crippen molar-refractivity contribution in [1.29, 1.82) is 0 Å². The topological polar surface area (TPSA) is 77.8 Å². The van der Waals surface area contributed by atoms with E-state index in [1.54, 1.807) is 6.92 Å². The zero-order chi connectivity index (χ0) is 15.0. The highest BCUT2D eigenvalue weighted by Gasteiger charge is 2.44. The molecule has 2 fully saturated rings. The number of amides is 1. The second-order valence-electron chi connectivity index (χ2n) is 6.29. The monoisotopic (exact) mass is 307 g/mol. The molecule has 21 heavy (non-hydrogen) atoms. The number of carbonyl (C=O) groups is 1. The van der Waals surface area contributed by atoms with Gasteiger partial charge in [-0.3, -0.25) is 9.78 Å². The number of aromatic nitrogens is 2. The van der Waals surface area contributed by atoms with Crippen LogP contribution in [0.5, 0.6) is 0 Å². The number of aryl methyl sites for hydroxylation is 1. The molecular weight excluding hydrogens is 286 g/mol. The summed E-state index contributed by atoms with van der Waals surface area (Å²) in [6.07, 6.45) is 7.68. The van der Waals surface area contributed by atoms with E-state index in [1.165, 1.54) is 32.1 Å². The quantitative estimate of drug-likeness (QED) is 0.751. The van der Waals surface area contributed by atoms with Crippen LogP contribution < -0.4 is 11.0 Å². The summed E-state index contributed by atoms with van der Waals surface area (Å²) < 4.78 is 0.212. The van der Waals surface area contributed by atoms with Gasteiger partial charge in [-0.1, -0.05) is 44.3 Å². The Morgan fingerprint density at radius 2 is 1.95 bits per heavy atom. The summed E-state index contributed by atoms with van der Waals surface area (Å²) in [6.45, 7) is 1.70. The molecular formula is C15H21N3O2S. The lowest BCUT2D eigenvalue weighted by Gasteiger charge is -2.21. The molecule has 0 radical (unpaired) electrons. The van der Waals surface area contributed by atoms with Gasteiger partial charge in [-0.2, -0.15) is 0 Å². The Bertz CT molecular complexity index is 658. The van der Waals surface area contributed by atoms with Crippen LogP contribution in [0.3, 0.4) is 0 Å². The minimum absolute atomic E-state index is 0.173. The fourth-order valence-electron chi connectivity index (χ4n) is 3.58. The summed E-state index contributed by atoms with van der Waals surface area (Å²) in [5.41, 5.74) is 0.538. The van der Waals surface area contributed by atoms with Gasteiger partial charge in [0, 0.05) is 11.7 Å². The second kappa shape index (κ2) is 5.75. The van der Waals surface area contributed by atoms with E-state index in [4.69, 9.17) is 12.2 Å². The third kappa shape index (κ3) is 3.10. The molecule has 5 nitrogen and oxygen atoms in total. The molecule has 0 aliphatic heterocycles. The van der Waals surface area contributed by atoms with Crippen molar-refractivity contribution in [3.63, 3.8) is 0 Å². The van der Waals surface area contributed by atoms with Gasteiger partial charge in [-0.05, 0) is 25.2 Å². The molecule has 1 amide bonds. The van der Waals surface area contributed by atoms with Crippen LogP contribution in [0.1, 0.15) is 54.6 Å². The van der Waals surface area contributed by atoms with Gasteiger partial charge >= 0.3 is 5.69 Å². The Labute approximate surface area is 128 Å². The molecule has 0 bridgehead atoms. The van der Waals surface area contributed by atoms with Crippen molar-refractivity contribution in [2.24, 2.45) is 11.8 Å². The molecule has 2 aliphatic carbocycles. The zero-order valence-electron chi connectivity index (χ0n) is 12.2. The predicted octanol–water partition coefficient (Wildman–Crippen LogP) is 2.44. The Morgan fingerprint density at radius 1 is 1.24 bits per heavy atom. The minimum atomic E-state index is -0.374. The lowest BCUT2D eigenvalue weighted by atomic mass is 9.85. The highest BCUT2D eigenvalue weighted by molar-refractivity contribution is 7.71. The lowest BCUT2D eigenvalue weighted by Crippen LogP contribution is -2.31. The van der Waals surface area contributed by atoms with Crippen molar-refractivity contribution in [3.8, 4) is 0 Å². The number of hydrogen-bond donors (Lipinski definition) is 3. The van der Waals surface area contributed by atoms with E-state index < -0.39 is 0 Å². The first-order valence-corrected chi connectivity index (χ1v) is 8.11. The third-order valence-electron chi connectivity index (χ3n) is 4.77. The van der Waals surface area contributed by atoms with Crippen LogP contribution in [0.15, 0.2) is 4.79 Å². The van der Waals surface area contributed by atoms with E-state index in [1.807, 2.05) is 0 Å². The van der Waals surface area contributed by atoms with E-state index in [9.17, 15) is 9.59 Å². The normalized spacial score (nSPS) is 25.6. The van der Waals surface area contributed by atoms with Crippen LogP contribution in [0, 0.1) is 23.4 Å². The van der Waals surface area contributed by atoms with Gasteiger partial charge in [0.05, 0.1) is 5.56 Å². The van der Waals surface area contributed by atoms with Gasteiger partial charge in [0.1, 0.15) is 4.64 Å². The number of hydrogen-bond acceptors (Lipinski definition) is 3. The summed E-state index contributed by atoms with van der Waals surface area (Å²) in [6, 6.07) is 0.279. The smallest absolute Gasteiger partial charge is 0.324 e. The molecule has 6 heteroatoms. The first-order chi connectivity index (χ1) is 10.1. The van der Waals surface area contributed by atoms with Crippen molar-refractivity contribution >= 4 is 18.1 Å².